The average molecular weight is 503 g/mol. The second-order valence-electron chi connectivity index (χ2n) is 9.62. The van der Waals surface area contributed by atoms with E-state index in [1.807, 2.05) is 30.4 Å². The van der Waals surface area contributed by atoms with E-state index >= 15 is 0 Å². The molecular weight excluding hydrogens is 460 g/mol. The van der Waals surface area contributed by atoms with Gasteiger partial charge >= 0.3 is 0 Å². The van der Waals surface area contributed by atoms with Crippen LogP contribution < -0.4 is 16.4 Å². The van der Waals surface area contributed by atoms with E-state index in [4.69, 9.17) is 5.73 Å². The number of hydrogen-bond acceptors (Lipinski definition) is 8. The molecule has 1 spiro atoms. The molecular formula is C23H42N4O4S2. The van der Waals surface area contributed by atoms with Gasteiger partial charge in [0.15, 0.2) is 0 Å². The van der Waals surface area contributed by atoms with Crippen molar-refractivity contribution in [2.45, 2.75) is 99.8 Å². The number of hydrogen-bond donors (Lipinski definition) is 5. The van der Waals surface area contributed by atoms with Crippen molar-refractivity contribution >= 4 is 35.3 Å². The number of nitrogens with zero attached hydrogens (tertiary/aromatic N) is 1. The predicted molar refractivity (Wildman–Crippen MR) is 135 cm³/mol. The molecule has 0 aromatic rings. The highest BCUT2D eigenvalue weighted by molar-refractivity contribution is 8.21. The summed E-state index contributed by atoms with van der Waals surface area (Å²) in [5.41, 5.74) is 6.49. The summed E-state index contributed by atoms with van der Waals surface area (Å²) in [7, 11) is 0. The Morgan fingerprint density at radius 3 is 2.42 bits per heavy atom. The number of carbonyl (C=O) groups is 2. The van der Waals surface area contributed by atoms with Crippen LogP contribution in [0.5, 0.6) is 0 Å². The van der Waals surface area contributed by atoms with Crippen LogP contribution in [-0.4, -0.2) is 86.1 Å². The van der Waals surface area contributed by atoms with Crippen LogP contribution in [0.25, 0.3) is 0 Å². The van der Waals surface area contributed by atoms with Gasteiger partial charge in [-0.2, -0.15) is 0 Å². The quantitative estimate of drug-likeness (QED) is 0.282. The van der Waals surface area contributed by atoms with Gasteiger partial charge in [0.25, 0.3) is 0 Å². The van der Waals surface area contributed by atoms with Crippen LogP contribution in [-0.2, 0) is 9.59 Å². The summed E-state index contributed by atoms with van der Waals surface area (Å²) in [4.78, 5) is 27.6. The maximum atomic E-state index is 13.6. The first-order chi connectivity index (χ1) is 15.8. The number of amides is 2. The molecule has 2 heterocycles. The zero-order chi connectivity index (χ0) is 24.0. The predicted octanol–water partition coefficient (Wildman–Crippen LogP) is 1.24. The van der Waals surface area contributed by atoms with Crippen LogP contribution in [0.15, 0.2) is 0 Å². The molecule has 8 nitrogen and oxygen atoms in total. The first-order valence-electron chi connectivity index (χ1n) is 12.6. The van der Waals surface area contributed by atoms with Crippen LogP contribution >= 0.6 is 23.5 Å². The van der Waals surface area contributed by atoms with Gasteiger partial charge in [0.2, 0.25) is 11.8 Å². The highest BCUT2D eigenvalue weighted by Gasteiger charge is 2.52. The molecule has 2 amide bonds. The molecule has 190 valence electrons. The Labute approximate surface area is 206 Å². The van der Waals surface area contributed by atoms with Crippen molar-refractivity contribution in [2.24, 2.45) is 11.7 Å². The van der Waals surface area contributed by atoms with Gasteiger partial charge in [0, 0.05) is 30.6 Å². The van der Waals surface area contributed by atoms with Crippen LogP contribution in [0.1, 0.15) is 65.2 Å². The Hall–Kier alpha value is -0.520. The first kappa shape index (κ1) is 27.1. The van der Waals surface area contributed by atoms with E-state index in [-0.39, 0.29) is 15.9 Å². The molecule has 0 bridgehead atoms. The number of carbonyl (C=O) groups excluding carboxylic acids is 2. The molecule has 10 heteroatoms. The normalized spacial score (nSPS) is 26.8. The molecule has 3 aliphatic rings. The molecule has 2 aliphatic heterocycles. The molecule has 3 fully saturated rings. The molecule has 1 aliphatic carbocycles. The van der Waals surface area contributed by atoms with Crippen molar-refractivity contribution in [3.05, 3.63) is 0 Å². The molecule has 2 saturated heterocycles. The number of aliphatic hydroxyl groups excluding tert-OH is 2. The monoisotopic (exact) mass is 502 g/mol. The maximum Gasteiger partial charge on any atom is 0.250 e. The number of nitrogens with two attached hydrogens (primary N) is 1. The molecule has 3 rings (SSSR count). The lowest BCUT2D eigenvalue weighted by Gasteiger charge is -2.36. The summed E-state index contributed by atoms with van der Waals surface area (Å²) in [6.07, 6.45) is 5.04. The molecule has 5 atom stereocenters. The molecule has 1 saturated carbocycles. The molecule has 0 aromatic carbocycles. The smallest absolute Gasteiger partial charge is 0.250 e. The molecule has 3 unspecified atom stereocenters. The molecule has 33 heavy (non-hydrogen) atoms. The van der Waals surface area contributed by atoms with E-state index in [0.717, 1.165) is 43.6 Å². The van der Waals surface area contributed by atoms with Crippen molar-refractivity contribution in [2.75, 3.05) is 24.6 Å². The summed E-state index contributed by atoms with van der Waals surface area (Å²) in [5, 5.41) is 27.6. The first-order valence-corrected chi connectivity index (χ1v) is 14.5. The van der Waals surface area contributed by atoms with Gasteiger partial charge in [0.05, 0.1) is 16.2 Å². The van der Waals surface area contributed by atoms with Crippen molar-refractivity contribution in [1.82, 2.24) is 15.5 Å². The summed E-state index contributed by atoms with van der Waals surface area (Å²) >= 11 is 3.73. The van der Waals surface area contributed by atoms with Crippen molar-refractivity contribution in [3.8, 4) is 0 Å². The number of nitrogens with one attached hydrogen (secondary N) is 2. The third-order valence-corrected chi connectivity index (χ3v) is 10.6. The fraction of sp³-hybridized carbons (Fsp3) is 0.913. The van der Waals surface area contributed by atoms with E-state index in [9.17, 15) is 19.8 Å². The number of likely N-dealkylation sites (N-methyl/N-ethyl adjacent to an activating group) is 1. The van der Waals surface area contributed by atoms with Gasteiger partial charge in [-0.05, 0) is 38.5 Å². The highest BCUT2D eigenvalue weighted by Crippen LogP contribution is 2.52. The Bertz CT molecular complexity index is 658. The summed E-state index contributed by atoms with van der Waals surface area (Å²) in [6.45, 7) is 4.77. The Morgan fingerprint density at radius 2 is 1.82 bits per heavy atom. The Balaban J connectivity index is 1.74. The van der Waals surface area contributed by atoms with Crippen LogP contribution in [0.2, 0.25) is 0 Å². The highest BCUT2D eigenvalue weighted by atomic mass is 32.2. The molecule has 0 aromatic heterocycles. The fourth-order valence-electron chi connectivity index (χ4n) is 5.42. The largest absolute Gasteiger partial charge is 0.382 e. The van der Waals surface area contributed by atoms with Gasteiger partial charge in [-0.3, -0.25) is 14.9 Å². The van der Waals surface area contributed by atoms with Crippen molar-refractivity contribution < 1.29 is 19.8 Å². The minimum absolute atomic E-state index is 0.0750. The topological polar surface area (TPSA) is 128 Å². The Kier molecular flexibility index (Phi) is 10.2. The third-order valence-electron chi connectivity index (χ3n) is 7.22. The lowest BCUT2D eigenvalue weighted by Crippen LogP contribution is -2.59. The average Bonchev–Trinajstić information content (AvgIpc) is 3.45. The lowest BCUT2D eigenvalue weighted by molar-refractivity contribution is -0.139. The van der Waals surface area contributed by atoms with Gasteiger partial charge < -0.3 is 26.2 Å². The van der Waals surface area contributed by atoms with Crippen molar-refractivity contribution in [3.63, 3.8) is 0 Å². The van der Waals surface area contributed by atoms with Gasteiger partial charge in [0.1, 0.15) is 12.3 Å². The van der Waals surface area contributed by atoms with E-state index in [2.05, 4.69) is 10.6 Å². The van der Waals surface area contributed by atoms with E-state index in [1.165, 1.54) is 6.42 Å². The van der Waals surface area contributed by atoms with E-state index in [0.29, 0.717) is 25.9 Å². The SMILES string of the molecule is CCCC(N[C@@H](O)[C@@H]1CC2(CN1C(=O)C(N)C1CCCCC1)SCCS2)C(O)C(=O)NCC. The Morgan fingerprint density at radius 1 is 1.15 bits per heavy atom. The maximum absolute atomic E-state index is 13.6. The fourth-order valence-corrected chi connectivity index (χ4v) is 8.70. The standard InChI is InChI=1S/C23H42N4O4S2/c1-3-8-16(19(28)21(30)25-4-2)26-20(29)17-13-23(32-11-12-33-23)14-27(17)22(31)18(24)15-9-6-5-7-10-15/h15-20,26,28-29H,3-14,24H2,1-2H3,(H,25,30)/t16?,17-,18?,19?,20-/m0/s1. The molecule has 6 N–H and O–H groups in total. The van der Waals surface area contributed by atoms with E-state index in [1.54, 1.807) is 11.8 Å². The number of thioether (sulfide) groups is 2. The summed E-state index contributed by atoms with van der Waals surface area (Å²) in [6, 6.07) is -1.58. The summed E-state index contributed by atoms with van der Waals surface area (Å²) < 4.78 is -0.117. The number of likely N-dealkylation sites (tertiary alicyclic amines) is 1. The minimum Gasteiger partial charge on any atom is -0.382 e. The lowest BCUT2D eigenvalue weighted by atomic mass is 9.83. The van der Waals surface area contributed by atoms with Gasteiger partial charge in [-0.25, -0.2) is 0 Å². The van der Waals surface area contributed by atoms with Crippen LogP contribution in [0, 0.1) is 5.92 Å². The number of rotatable bonds is 10. The zero-order valence-electron chi connectivity index (χ0n) is 20.0. The summed E-state index contributed by atoms with van der Waals surface area (Å²) in [5.74, 6) is 1.74. The van der Waals surface area contributed by atoms with Crippen LogP contribution in [0.3, 0.4) is 0 Å². The van der Waals surface area contributed by atoms with Gasteiger partial charge in [-0.1, -0.05) is 32.6 Å². The number of aliphatic hydroxyl groups is 2. The zero-order valence-corrected chi connectivity index (χ0v) is 21.6. The second-order valence-corrected chi connectivity index (χ2v) is 12.8. The third kappa shape index (κ3) is 6.58. The molecule has 0 radical (unpaired) electrons. The van der Waals surface area contributed by atoms with Crippen molar-refractivity contribution in [1.29, 1.82) is 0 Å². The van der Waals surface area contributed by atoms with Crippen LogP contribution in [0.4, 0.5) is 0 Å². The van der Waals surface area contributed by atoms with E-state index < -0.39 is 36.4 Å². The minimum atomic E-state index is -1.27. The second kappa shape index (κ2) is 12.4. The van der Waals surface area contributed by atoms with Gasteiger partial charge in [-0.15, -0.1) is 23.5 Å².